The number of hydrogen-bond acceptors (Lipinski definition) is 3. The summed E-state index contributed by atoms with van der Waals surface area (Å²) in [6.07, 6.45) is 1.52. The van der Waals surface area contributed by atoms with E-state index in [1.807, 2.05) is 0 Å². The van der Waals surface area contributed by atoms with Crippen LogP contribution in [0.2, 0.25) is 0 Å². The summed E-state index contributed by atoms with van der Waals surface area (Å²) in [5.74, 6) is -0.263. The van der Waals surface area contributed by atoms with Crippen LogP contribution in [0.3, 0.4) is 0 Å². The molecule has 5 heteroatoms. The summed E-state index contributed by atoms with van der Waals surface area (Å²) in [5, 5.41) is 12.1. The number of carbonyl (C=O) groups is 2. The Kier molecular flexibility index (Phi) is 2.90. The molecule has 1 unspecified atom stereocenters. The maximum Gasteiger partial charge on any atom is 0.228 e. The molecular formula is C10H16N2O3. The van der Waals surface area contributed by atoms with Crippen LogP contribution in [-0.4, -0.2) is 47.6 Å². The summed E-state index contributed by atoms with van der Waals surface area (Å²) in [5.41, 5.74) is 0. The van der Waals surface area contributed by atoms with Gasteiger partial charge in [0.1, 0.15) is 0 Å². The number of piperidine rings is 1. The predicted molar refractivity (Wildman–Crippen MR) is 52.9 cm³/mol. The van der Waals surface area contributed by atoms with Crippen molar-refractivity contribution in [1.29, 1.82) is 0 Å². The van der Waals surface area contributed by atoms with Gasteiger partial charge in [-0.05, 0) is 12.8 Å². The standard InChI is InChI=1S/C10H16N2O3/c13-8-2-1-3-12(6-8)10(15)7-4-9(14)11-5-7/h7-8,13H,1-6H2,(H,11,14)/t7?,8-/m0/s1. The summed E-state index contributed by atoms with van der Waals surface area (Å²) < 4.78 is 0. The summed E-state index contributed by atoms with van der Waals surface area (Å²) in [6, 6.07) is 0. The van der Waals surface area contributed by atoms with Gasteiger partial charge in [0.15, 0.2) is 0 Å². The lowest BCUT2D eigenvalue weighted by atomic mass is 10.0. The lowest BCUT2D eigenvalue weighted by Gasteiger charge is -2.31. The van der Waals surface area contributed by atoms with Crippen molar-refractivity contribution in [2.45, 2.75) is 25.4 Å². The summed E-state index contributed by atoms with van der Waals surface area (Å²) >= 11 is 0. The van der Waals surface area contributed by atoms with Gasteiger partial charge < -0.3 is 15.3 Å². The van der Waals surface area contributed by atoms with Crippen molar-refractivity contribution in [3.8, 4) is 0 Å². The van der Waals surface area contributed by atoms with E-state index in [2.05, 4.69) is 5.32 Å². The second kappa shape index (κ2) is 4.18. The molecule has 2 amide bonds. The van der Waals surface area contributed by atoms with Crippen LogP contribution < -0.4 is 5.32 Å². The average molecular weight is 212 g/mol. The normalized spacial score (nSPS) is 31.5. The molecule has 0 bridgehead atoms. The molecule has 2 N–H and O–H groups in total. The predicted octanol–water partition coefficient (Wildman–Crippen LogP) is -0.894. The molecule has 5 nitrogen and oxygen atoms in total. The first-order valence-electron chi connectivity index (χ1n) is 5.40. The van der Waals surface area contributed by atoms with Crippen LogP contribution >= 0.6 is 0 Å². The van der Waals surface area contributed by atoms with Gasteiger partial charge in [-0.1, -0.05) is 0 Å². The number of aliphatic hydroxyl groups is 1. The van der Waals surface area contributed by atoms with Crippen molar-refractivity contribution in [1.82, 2.24) is 10.2 Å². The van der Waals surface area contributed by atoms with Crippen molar-refractivity contribution in [3.05, 3.63) is 0 Å². The first-order chi connectivity index (χ1) is 7.16. The van der Waals surface area contributed by atoms with E-state index in [1.165, 1.54) is 0 Å². The molecule has 84 valence electrons. The first kappa shape index (κ1) is 10.4. The van der Waals surface area contributed by atoms with Crippen molar-refractivity contribution in [3.63, 3.8) is 0 Å². The van der Waals surface area contributed by atoms with Crippen LogP contribution in [-0.2, 0) is 9.59 Å². The van der Waals surface area contributed by atoms with Crippen molar-refractivity contribution < 1.29 is 14.7 Å². The van der Waals surface area contributed by atoms with E-state index in [0.717, 1.165) is 12.8 Å². The monoisotopic (exact) mass is 212 g/mol. The zero-order valence-corrected chi connectivity index (χ0v) is 8.61. The summed E-state index contributed by atoms with van der Waals surface area (Å²) in [7, 11) is 0. The van der Waals surface area contributed by atoms with Crippen LogP contribution in [0.25, 0.3) is 0 Å². The smallest absolute Gasteiger partial charge is 0.228 e. The lowest BCUT2D eigenvalue weighted by Crippen LogP contribution is -2.45. The lowest BCUT2D eigenvalue weighted by molar-refractivity contribution is -0.138. The zero-order chi connectivity index (χ0) is 10.8. The van der Waals surface area contributed by atoms with E-state index in [9.17, 15) is 14.7 Å². The number of amides is 2. The Morgan fingerprint density at radius 1 is 1.53 bits per heavy atom. The fraction of sp³-hybridized carbons (Fsp3) is 0.800. The second-order valence-corrected chi connectivity index (χ2v) is 4.29. The highest BCUT2D eigenvalue weighted by molar-refractivity contribution is 5.89. The number of rotatable bonds is 1. The highest BCUT2D eigenvalue weighted by Crippen LogP contribution is 2.17. The van der Waals surface area contributed by atoms with Crippen molar-refractivity contribution in [2.75, 3.05) is 19.6 Å². The number of likely N-dealkylation sites (tertiary alicyclic amines) is 1. The van der Waals surface area contributed by atoms with Crippen LogP contribution in [0.15, 0.2) is 0 Å². The van der Waals surface area contributed by atoms with Gasteiger partial charge in [-0.3, -0.25) is 9.59 Å². The first-order valence-corrected chi connectivity index (χ1v) is 5.40. The van der Waals surface area contributed by atoms with E-state index < -0.39 is 6.10 Å². The number of nitrogens with zero attached hydrogens (tertiary/aromatic N) is 1. The zero-order valence-electron chi connectivity index (χ0n) is 8.61. The molecule has 0 aromatic rings. The Morgan fingerprint density at radius 2 is 2.33 bits per heavy atom. The molecule has 2 aliphatic heterocycles. The van der Waals surface area contributed by atoms with Crippen molar-refractivity contribution >= 4 is 11.8 Å². The third-order valence-corrected chi connectivity index (χ3v) is 3.03. The van der Waals surface area contributed by atoms with Crippen molar-refractivity contribution in [2.24, 2.45) is 5.92 Å². The topological polar surface area (TPSA) is 69.6 Å². The van der Waals surface area contributed by atoms with E-state index >= 15 is 0 Å². The number of β-amino-alcohol motifs (C(OH)–C–C–N with tert-alkyl or cyclic N) is 1. The van der Waals surface area contributed by atoms with E-state index in [4.69, 9.17) is 0 Å². The Morgan fingerprint density at radius 3 is 2.93 bits per heavy atom. The minimum absolute atomic E-state index is 0.00657. The van der Waals surface area contributed by atoms with Crippen LogP contribution in [0.5, 0.6) is 0 Å². The van der Waals surface area contributed by atoms with Gasteiger partial charge in [-0.25, -0.2) is 0 Å². The molecule has 2 heterocycles. The molecule has 2 fully saturated rings. The maximum atomic E-state index is 11.9. The average Bonchev–Trinajstić information content (AvgIpc) is 2.64. The van der Waals surface area contributed by atoms with Gasteiger partial charge >= 0.3 is 0 Å². The fourth-order valence-electron chi connectivity index (χ4n) is 2.19. The van der Waals surface area contributed by atoms with Gasteiger partial charge in [0, 0.05) is 26.1 Å². The minimum Gasteiger partial charge on any atom is -0.391 e. The molecule has 0 aliphatic carbocycles. The third-order valence-electron chi connectivity index (χ3n) is 3.03. The van der Waals surface area contributed by atoms with E-state index in [-0.39, 0.29) is 17.7 Å². The third kappa shape index (κ3) is 2.28. The molecule has 2 saturated heterocycles. The van der Waals surface area contributed by atoms with Crippen LogP contribution in [0, 0.1) is 5.92 Å². The molecule has 2 aliphatic rings. The van der Waals surface area contributed by atoms with E-state index in [1.54, 1.807) is 4.90 Å². The Labute approximate surface area is 88.4 Å². The summed E-state index contributed by atoms with van der Waals surface area (Å²) in [6.45, 7) is 1.58. The molecule has 15 heavy (non-hydrogen) atoms. The number of carbonyl (C=O) groups excluding carboxylic acids is 2. The Bertz CT molecular complexity index is 280. The fourth-order valence-corrected chi connectivity index (χ4v) is 2.19. The largest absolute Gasteiger partial charge is 0.391 e. The Hall–Kier alpha value is -1.10. The SMILES string of the molecule is O=C1CC(C(=O)N2CCC[C@H](O)C2)CN1. The summed E-state index contributed by atoms with van der Waals surface area (Å²) in [4.78, 5) is 24.6. The number of aliphatic hydroxyl groups excluding tert-OH is 1. The Balaban J connectivity index is 1.92. The van der Waals surface area contributed by atoms with Gasteiger partial charge in [0.05, 0.1) is 12.0 Å². The minimum atomic E-state index is -0.396. The molecule has 0 aromatic carbocycles. The van der Waals surface area contributed by atoms with Gasteiger partial charge in [-0.15, -0.1) is 0 Å². The molecule has 2 rings (SSSR count). The molecule has 0 radical (unpaired) electrons. The highest BCUT2D eigenvalue weighted by atomic mass is 16.3. The molecule has 0 aromatic heterocycles. The van der Waals surface area contributed by atoms with E-state index in [0.29, 0.717) is 26.1 Å². The van der Waals surface area contributed by atoms with Crippen LogP contribution in [0.1, 0.15) is 19.3 Å². The number of hydrogen-bond donors (Lipinski definition) is 2. The molecular weight excluding hydrogens is 196 g/mol. The quantitative estimate of drug-likeness (QED) is 0.592. The number of nitrogens with one attached hydrogen (secondary N) is 1. The molecule has 2 atom stereocenters. The highest BCUT2D eigenvalue weighted by Gasteiger charge is 2.33. The van der Waals surface area contributed by atoms with Gasteiger partial charge in [-0.2, -0.15) is 0 Å². The van der Waals surface area contributed by atoms with Gasteiger partial charge in [0.25, 0.3) is 0 Å². The van der Waals surface area contributed by atoms with Gasteiger partial charge in [0.2, 0.25) is 11.8 Å². The second-order valence-electron chi connectivity index (χ2n) is 4.29. The molecule has 0 spiro atoms. The van der Waals surface area contributed by atoms with Crippen LogP contribution in [0.4, 0.5) is 0 Å². The molecule has 0 saturated carbocycles. The maximum absolute atomic E-state index is 11.9.